The first-order valence-corrected chi connectivity index (χ1v) is 12.5. The van der Waals surface area contributed by atoms with Crippen molar-refractivity contribution in [2.75, 3.05) is 27.2 Å². The van der Waals surface area contributed by atoms with Crippen molar-refractivity contribution >= 4 is 35.0 Å². The van der Waals surface area contributed by atoms with Crippen LogP contribution in [0.5, 0.6) is 28.7 Å². The fourth-order valence-corrected chi connectivity index (χ4v) is 5.15. The Bertz CT molecular complexity index is 1380. The molecule has 0 aliphatic carbocycles. The molecule has 0 saturated carbocycles. The van der Waals surface area contributed by atoms with Crippen LogP contribution in [0.2, 0.25) is 0 Å². The molecule has 0 aromatic heterocycles. The minimum absolute atomic E-state index is 0.0592. The standard InChI is InChI=1S/C27H22ClNO7S/c1-29(27(37)35-16-5-3-2-4-6-16)10-9-15-11-20-21(33-13-32-20)12-18(15)23(28)24-17-7-8-19-25(34-14-31-19)22(17)26(30)36-24/h2-8,11-12,23-24H,9-10,13-14H2,1H3. The van der Waals surface area contributed by atoms with Gasteiger partial charge < -0.3 is 33.3 Å². The lowest BCUT2D eigenvalue weighted by Gasteiger charge is -2.23. The van der Waals surface area contributed by atoms with Crippen LogP contribution in [-0.2, 0) is 11.2 Å². The second-order valence-corrected chi connectivity index (χ2v) is 9.57. The number of likely N-dealkylation sites (N-methyl/N-ethyl adjacent to an activating group) is 1. The number of carbonyl (C=O) groups is 1. The molecule has 0 fully saturated rings. The van der Waals surface area contributed by atoms with Gasteiger partial charge in [-0.2, -0.15) is 0 Å². The molecule has 10 heteroatoms. The van der Waals surface area contributed by atoms with E-state index in [9.17, 15) is 4.79 Å². The Kier molecular flexibility index (Phi) is 6.18. The van der Waals surface area contributed by atoms with Crippen LogP contribution in [-0.4, -0.2) is 43.2 Å². The number of fused-ring (bicyclic) bond motifs is 4. The largest absolute Gasteiger partial charge is 0.454 e. The molecule has 37 heavy (non-hydrogen) atoms. The summed E-state index contributed by atoms with van der Waals surface area (Å²) in [5, 5.41) is -0.335. The van der Waals surface area contributed by atoms with Gasteiger partial charge in [0.2, 0.25) is 13.6 Å². The van der Waals surface area contributed by atoms with Crippen LogP contribution in [0.1, 0.15) is 38.5 Å². The maximum absolute atomic E-state index is 12.8. The van der Waals surface area contributed by atoms with E-state index in [4.69, 9.17) is 52.2 Å². The van der Waals surface area contributed by atoms with Crippen molar-refractivity contribution < 1.29 is 33.2 Å². The zero-order chi connectivity index (χ0) is 25.5. The van der Waals surface area contributed by atoms with Crippen molar-refractivity contribution in [1.82, 2.24) is 4.90 Å². The molecule has 6 rings (SSSR count). The molecule has 3 aromatic rings. The van der Waals surface area contributed by atoms with Crippen molar-refractivity contribution in [3.63, 3.8) is 0 Å². The summed E-state index contributed by atoms with van der Waals surface area (Å²) in [7, 11) is 1.87. The Morgan fingerprint density at radius 2 is 1.78 bits per heavy atom. The molecule has 0 N–H and O–H groups in total. The third kappa shape index (κ3) is 4.38. The quantitative estimate of drug-likeness (QED) is 0.239. The molecule has 3 aliphatic heterocycles. The van der Waals surface area contributed by atoms with E-state index in [-0.39, 0.29) is 13.6 Å². The molecular weight excluding hydrogens is 518 g/mol. The summed E-state index contributed by atoms with van der Waals surface area (Å²) in [4.78, 5) is 14.6. The lowest BCUT2D eigenvalue weighted by atomic mass is 9.93. The fourth-order valence-electron chi connectivity index (χ4n) is 4.57. The molecular formula is C27H22ClNO7S. The summed E-state index contributed by atoms with van der Waals surface area (Å²) < 4.78 is 33.7. The van der Waals surface area contributed by atoms with Crippen LogP contribution >= 0.6 is 23.8 Å². The van der Waals surface area contributed by atoms with Gasteiger partial charge in [0.15, 0.2) is 23.0 Å². The molecule has 2 atom stereocenters. The van der Waals surface area contributed by atoms with Gasteiger partial charge in [0.25, 0.3) is 5.17 Å². The number of hydrogen-bond donors (Lipinski definition) is 0. The summed E-state index contributed by atoms with van der Waals surface area (Å²) >= 11 is 12.5. The fraction of sp³-hybridized carbons (Fsp3) is 0.259. The van der Waals surface area contributed by atoms with Crippen LogP contribution < -0.4 is 23.7 Å². The highest BCUT2D eigenvalue weighted by atomic mass is 35.5. The van der Waals surface area contributed by atoms with Gasteiger partial charge >= 0.3 is 5.97 Å². The summed E-state index contributed by atoms with van der Waals surface area (Å²) in [5.41, 5.74) is 2.71. The van der Waals surface area contributed by atoms with Crippen LogP contribution in [0.3, 0.4) is 0 Å². The average Bonchev–Trinajstić information content (AvgIpc) is 3.64. The van der Waals surface area contributed by atoms with E-state index in [0.717, 1.165) is 11.1 Å². The van der Waals surface area contributed by atoms with Crippen LogP contribution in [0, 0.1) is 0 Å². The Labute approximate surface area is 223 Å². The summed E-state index contributed by atoms with van der Waals surface area (Å²) in [6.07, 6.45) is -0.128. The highest BCUT2D eigenvalue weighted by Crippen LogP contribution is 2.51. The third-order valence-electron chi connectivity index (χ3n) is 6.49. The van der Waals surface area contributed by atoms with Crippen LogP contribution in [0.15, 0.2) is 54.6 Å². The number of ether oxygens (including phenoxy) is 6. The van der Waals surface area contributed by atoms with E-state index in [1.165, 1.54) is 0 Å². The Hall–Kier alpha value is -3.69. The lowest BCUT2D eigenvalue weighted by Crippen LogP contribution is -2.31. The van der Waals surface area contributed by atoms with Gasteiger partial charge in [-0.05, 0) is 60.1 Å². The Morgan fingerprint density at radius 1 is 1.05 bits per heavy atom. The van der Waals surface area contributed by atoms with Crippen LogP contribution in [0.4, 0.5) is 0 Å². The number of cyclic esters (lactones) is 1. The van der Waals surface area contributed by atoms with Gasteiger partial charge in [-0.3, -0.25) is 0 Å². The number of thiocarbonyl (C=S) groups is 1. The third-order valence-corrected chi connectivity index (χ3v) is 7.35. The molecule has 3 heterocycles. The molecule has 0 bridgehead atoms. The summed E-state index contributed by atoms with van der Waals surface area (Å²) in [6.45, 7) is 0.746. The topological polar surface area (TPSA) is 75.7 Å². The van der Waals surface area contributed by atoms with Gasteiger partial charge in [-0.15, -0.1) is 11.6 Å². The average molecular weight is 540 g/mol. The van der Waals surface area contributed by atoms with Crippen molar-refractivity contribution in [2.45, 2.75) is 17.9 Å². The molecule has 8 nitrogen and oxygen atoms in total. The molecule has 0 radical (unpaired) electrons. The van der Waals surface area contributed by atoms with E-state index in [2.05, 4.69) is 0 Å². The maximum atomic E-state index is 12.8. The number of rotatable bonds is 6. The lowest BCUT2D eigenvalue weighted by molar-refractivity contribution is 0.0373. The number of hydrogen-bond acceptors (Lipinski definition) is 8. The SMILES string of the molecule is CN(CCc1cc2c(cc1C(Cl)C1OC(=O)c3c1ccc1c3OCO1)OCO2)C(=S)Oc1ccccc1. The summed E-state index contributed by atoms with van der Waals surface area (Å²) in [5.74, 6) is 2.33. The molecule has 3 aliphatic rings. The predicted octanol–water partition coefficient (Wildman–Crippen LogP) is 5.17. The molecule has 2 unspecified atom stereocenters. The van der Waals surface area contributed by atoms with Gasteiger partial charge in [-0.25, -0.2) is 4.79 Å². The molecule has 3 aromatic carbocycles. The zero-order valence-corrected chi connectivity index (χ0v) is 21.3. The number of esters is 1. The minimum Gasteiger partial charge on any atom is -0.454 e. The second-order valence-electron chi connectivity index (χ2n) is 8.75. The smallest absolute Gasteiger partial charge is 0.343 e. The van der Waals surface area contributed by atoms with Crippen molar-refractivity contribution in [3.8, 4) is 28.7 Å². The second kappa shape index (κ2) is 9.64. The number of alkyl halides is 1. The minimum atomic E-state index is -0.710. The number of halogens is 1. The van der Waals surface area contributed by atoms with Gasteiger partial charge in [0.1, 0.15) is 22.8 Å². The van der Waals surface area contributed by atoms with E-state index >= 15 is 0 Å². The van der Waals surface area contributed by atoms with Crippen molar-refractivity contribution in [3.05, 3.63) is 76.9 Å². The van der Waals surface area contributed by atoms with Gasteiger partial charge in [0, 0.05) is 19.2 Å². The van der Waals surface area contributed by atoms with E-state index in [1.54, 1.807) is 12.1 Å². The van der Waals surface area contributed by atoms with E-state index in [0.29, 0.717) is 58.0 Å². The first-order valence-electron chi connectivity index (χ1n) is 11.7. The first-order chi connectivity index (χ1) is 18.0. The first kappa shape index (κ1) is 23.7. The molecule has 0 amide bonds. The highest BCUT2D eigenvalue weighted by molar-refractivity contribution is 7.80. The van der Waals surface area contributed by atoms with E-state index < -0.39 is 17.5 Å². The van der Waals surface area contributed by atoms with Crippen molar-refractivity contribution in [1.29, 1.82) is 0 Å². The molecule has 0 spiro atoms. The number of carbonyl (C=O) groups excluding carboxylic acids is 1. The number of benzene rings is 3. The Morgan fingerprint density at radius 3 is 2.59 bits per heavy atom. The zero-order valence-electron chi connectivity index (χ0n) is 19.8. The van der Waals surface area contributed by atoms with Gasteiger partial charge in [-0.1, -0.05) is 24.3 Å². The van der Waals surface area contributed by atoms with Gasteiger partial charge in [0.05, 0.1) is 0 Å². The summed E-state index contributed by atoms with van der Waals surface area (Å²) in [6, 6.07) is 16.7. The maximum Gasteiger partial charge on any atom is 0.343 e. The molecule has 190 valence electrons. The van der Waals surface area contributed by atoms with Crippen LogP contribution in [0.25, 0.3) is 0 Å². The predicted molar refractivity (Wildman–Crippen MR) is 138 cm³/mol. The molecule has 0 saturated heterocycles. The normalized spacial score (nSPS) is 17.2. The number of para-hydroxylation sites is 1. The highest BCUT2D eigenvalue weighted by Gasteiger charge is 2.42. The van der Waals surface area contributed by atoms with E-state index in [1.807, 2.05) is 54.4 Å². The Balaban J connectivity index is 1.25. The number of nitrogens with zero attached hydrogens (tertiary/aromatic N) is 1. The monoisotopic (exact) mass is 539 g/mol. The van der Waals surface area contributed by atoms with Crippen molar-refractivity contribution in [2.24, 2.45) is 0 Å².